The average molecular weight is 284 g/mol. The largest absolute Gasteiger partial charge is 0.507 e. The number of allylic oxidation sites excluding steroid dienone is 1. The highest BCUT2D eigenvalue weighted by Crippen LogP contribution is 2.24. The van der Waals surface area contributed by atoms with Gasteiger partial charge in [-0.25, -0.2) is 0 Å². The third-order valence-electron chi connectivity index (χ3n) is 2.47. The number of benzene rings is 1. The molecule has 0 amide bonds. The minimum Gasteiger partial charge on any atom is -0.507 e. The molecule has 3 heteroatoms. The maximum Gasteiger partial charge on any atom is 0.129 e. The molecular weight excluding hydrogens is 266 g/mol. The molecular formula is C13H18BrNO. The fourth-order valence-corrected chi connectivity index (χ4v) is 1.85. The zero-order chi connectivity index (χ0) is 12.0. The van der Waals surface area contributed by atoms with E-state index in [-0.39, 0.29) is 5.75 Å². The monoisotopic (exact) mass is 283 g/mol. The van der Waals surface area contributed by atoms with Crippen molar-refractivity contribution in [2.45, 2.75) is 32.4 Å². The average Bonchev–Trinajstić information content (AvgIpc) is 2.28. The molecule has 0 fully saturated rings. The lowest BCUT2D eigenvalue weighted by atomic mass is 10.1. The number of hydrogen-bond donors (Lipinski definition) is 2. The number of phenolic OH excluding ortho intramolecular Hbond substituents is 1. The Kier molecular flexibility index (Phi) is 5.56. The van der Waals surface area contributed by atoms with E-state index in [9.17, 15) is 5.11 Å². The quantitative estimate of drug-likeness (QED) is 0.782. The molecule has 88 valence electrons. The van der Waals surface area contributed by atoms with Crippen molar-refractivity contribution in [3.05, 3.63) is 40.9 Å². The Morgan fingerprint density at radius 2 is 2.31 bits per heavy atom. The zero-order valence-electron chi connectivity index (χ0n) is 9.54. The molecule has 1 atom stereocenters. The van der Waals surface area contributed by atoms with Crippen LogP contribution in [0.5, 0.6) is 5.75 Å². The lowest BCUT2D eigenvalue weighted by molar-refractivity contribution is 0.471. The van der Waals surface area contributed by atoms with E-state index in [0.717, 1.165) is 29.4 Å². The molecule has 1 unspecified atom stereocenters. The van der Waals surface area contributed by atoms with Gasteiger partial charge in [-0.3, -0.25) is 0 Å². The van der Waals surface area contributed by atoms with Gasteiger partial charge in [-0.15, -0.1) is 6.58 Å². The smallest absolute Gasteiger partial charge is 0.129 e. The van der Waals surface area contributed by atoms with E-state index >= 15 is 0 Å². The van der Waals surface area contributed by atoms with Crippen molar-refractivity contribution in [3.63, 3.8) is 0 Å². The maximum atomic E-state index is 9.36. The first-order valence-corrected chi connectivity index (χ1v) is 6.24. The van der Waals surface area contributed by atoms with Gasteiger partial charge < -0.3 is 10.4 Å². The van der Waals surface area contributed by atoms with Crippen LogP contribution in [-0.4, -0.2) is 11.1 Å². The highest BCUT2D eigenvalue weighted by molar-refractivity contribution is 9.10. The molecule has 2 N–H and O–H groups in total. The number of hydrogen-bond acceptors (Lipinski definition) is 2. The summed E-state index contributed by atoms with van der Waals surface area (Å²) in [6.07, 6.45) is 4.07. The Hall–Kier alpha value is -0.800. The van der Waals surface area contributed by atoms with Crippen LogP contribution in [0.1, 0.15) is 25.3 Å². The summed E-state index contributed by atoms with van der Waals surface area (Å²) in [5.41, 5.74) is 1.16. The van der Waals surface area contributed by atoms with Crippen LogP contribution in [0.15, 0.2) is 35.3 Å². The van der Waals surface area contributed by atoms with Crippen molar-refractivity contribution in [1.29, 1.82) is 0 Å². The summed E-state index contributed by atoms with van der Waals surface area (Å²) in [7, 11) is 0. The molecule has 0 heterocycles. The number of phenols is 1. The third kappa shape index (κ3) is 4.37. The molecule has 0 saturated heterocycles. The predicted molar refractivity (Wildman–Crippen MR) is 71.5 cm³/mol. The summed E-state index contributed by atoms with van der Waals surface area (Å²) in [4.78, 5) is 0. The summed E-state index contributed by atoms with van der Waals surface area (Å²) < 4.78 is 0.741. The normalized spacial score (nSPS) is 12.4. The first-order chi connectivity index (χ1) is 7.63. The van der Waals surface area contributed by atoms with Crippen LogP contribution < -0.4 is 5.32 Å². The highest BCUT2D eigenvalue weighted by Gasteiger charge is 2.02. The summed E-state index contributed by atoms with van der Waals surface area (Å²) in [5.74, 6) is 0.281. The SMILES string of the molecule is C=CCCC(C)NCc1ccc(O)c(Br)c1. The second kappa shape index (κ2) is 6.71. The van der Waals surface area contributed by atoms with Gasteiger partial charge in [0.2, 0.25) is 0 Å². The Morgan fingerprint density at radius 3 is 2.94 bits per heavy atom. The highest BCUT2D eigenvalue weighted by atomic mass is 79.9. The number of rotatable bonds is 6. The Balaban J connectivity index is 2.42. The van der Waals surface area contributed by atoms with E-state index in [2.05, 4.69) is 34.7 Å². The van der Waals surface area contributed by atoms with Crippen LogP contribution in [0.3, 0.4) is 0 Å². The Bertz CT molecular complexity index is 352. The van der Waals surface area contributed by atoms with E-state index in [0.29, 0.717) is 6.04 Å². The van der Waals surface area contributed by atoms with E-state index in [4.69, 9.17) is 0 Å². The first-order valence-electron chi connectivity index (χ1n) is 5.45. The van der Waals surface area contributed by atoms with Gasteiger partial charge in [0.15, 0.2) is 0 Å². The molecule has 1 rings (SSSR count). The van der Waals surface area contributed by atoms with Gasteiger partial charge in [0.1, 0.15) is 5.75 Å². The lowest BCUT2D eigenvalue weighted by Gasteiger charge is -2.13. The maximum absolute atomic E-state index is 9.36. The van der Waals surface area contributed by atoms with Gasteiger partial charge in [0, 0.05) is 12.6 Å². The van der Waals surface area contributed by atoms with Crippen molar-refractivity contribution < 1.29 is 5.11 Å². The van der Waals surface area contributed by atoms with Crippen molar-refractivity contribution in [1.82, 2.24) is 5.32 Å². The third-order valence-corrected chi connectivity index (χ3v) is 3.11. The molecule has 0 aliphatic rings. The van der Waals surface area contributed by atoms with Crippen LogP contribution in [-0.2, 0) is 6.54 Å². The van der Waals surface area contributed by atoms with Gasteiger partial charge in [-0.05, 0) is 53.4 Å². The fourth-order valence-electron chi connectivity index (χ4n) is 1.42. The molecule has 0 saturated carbocycles. The number of halogens is 1. The molecule has 1 aromatic rings. The molecule has 2 nitrogen and oxygen atoms in total. The van der Waals surface area contributed by atoms with Crippen molar-refractivity contribution in [3.8, 4) is 5.75 Å². The Labute approximate surface area is 106 Å². The van der Waals surface area contributed by atoms with E-state index in [1.807, 2.05) is 18.2 Å². The number of nitrogens with one attached hydrogen (secondary N) is 1. The molecule has 0 aromatic heterocycles. The summed E-state index contributed by atoms with van der Waals surface area (Å²) >= 11 is 3.30. The van der Waals surface area contributed by atoms with Crippen LogP contribution in [0.4, 0.5) is 0 Å². The van der Waals surface area contributed by atoms with Crippen molar-refractivity contribution in [2.75, 3.05) is 0 Å². The van der Waals surface area contributed by atoms with Gasteiger partial charge in [0.05, 0.1) is 4.47 Å². The van der Waals surface area contributed by atoms with Gasteiger partial charge in [0.25, 0.3) is 0 Å². The molecule has 0 aliphatic carbocycles. The van der Waals surface area contributed by atoms with Crippen LogP contribution in [0, 0.1) is 0 Å². The second-order valence-electron chi connectivity index (χ2n) is 3.93. The van der Waals surface area contributed by atoms with Crippen LogP contribution in [0.25, 0.3) is 0 Å². The number of aromatic hydroxyl groups is 1. The molecule has 16 heavy (non-hydrogen) atoms. The predicted octanol–water partition coefficient (Wildman–Crippen LogP) is 3.60. The lowest BCUT2D eigenvalue weighted by Crippen LogP contribution is -2.25. The Morgan fingerprint density at radius 1 is 1.56 bits per heavy atom. The van der Waals surface area contributed by atoms with Crippen LogP contribution >= 0.6 is 15.9 Å². The summed E-state index contributed by atoms with van der Waals surface area (Å²) in [6.45, 7) is 6.69. The van der Waals surface area contributed by atoms with Gasteiger partial charge in [-0.1, -0.05) is 12.1 Å². The summed E-state index contributed by atoms with van der Waals surface area (Å²) in [5, 5.41) is 12.8. The molecule has 1 aromatic carbocycles. The van der Waals surface area contributed by atoms with E-state index in [1.165, 1.54) is 0 Å². The van der Waals surface area contributed by atoms with Crippen LogP contribution in [0.2, 0.25) is 0 Å². The molecule has 0 bridgehead atoms. The summed E-state index contributed by atoms with van der Waals surface area (Å²) in [6, 6.07) is 6.04. The topological polar surface area (TPSA) is 32.3 Å². The molecule has 0 radical (unpaired) electrons. The van der Waals surface area contributed by atoms with E-state index < -0.39 is 0 Å². The van der Waals surface area contributed by atoms with Crippen molar-refractivity contribution >= 4 is 15.9 Å². The minimum absolute atomic E-state index is 0.281. The van der Waals surface area contributed by atoms with Gasteiger partial charge in [-0.2, -0.15) is 0 Å². The first kappa shape index (κ1) is 13.3. The molecule has 0 aliphatic heterocycles. The fraction of sp³-hybridized carbons (Fsp3) is 0.385. The van der Waals surface area contributed by atoms with Crippen molar-refractivity contribution in [2.24, 2.45) is 0 Å². The second-order valence-corrected chi connectivity index (χ2v) is 4.79. The van der Waals surface area contributed by atoms with Gasteiger partial charge >= 0.3 is 0 Å². The standard InChI is InChI=1S/C13H18BrNO/c1-3-4-5-10(2)15-9-11-6-7-13(16)12(14)8-11/h3,6-8,10,15-16H,1,4-5,9H2,2H3. The molecule has 0 spiro atoms. The zero-order valence-corrected chi connectivity index (χ0v) is 11.1. The minimum atomic E-state index is 0.281. The van der Waals surface area contributed by atoms with E-state index in [1.54, 1.807) is 6.07 Å².